The van der Waals surface area contributed by atoms with Gasteiger partial charge in [0.05, 0.1) is 12.7 Å². The summed E-state index contributed by atoms with van der Waals surface area (Å²) in [6.07, 6.45) is 0.0437. The van der Waals surface area contributed by atoms with E-state index >= 15 is 0 Å². The van der Waals surface area contributed by atoms with Crippen LogP contribution in [0.2, 0.25) is 0 Å². The van der Waals surface area contributed by atoms with Crippen LogP contribution in [0.25, 0.3) is 0 Å². The topological polar surface area (TPSA) is 131 Å². The summed E-state index contributed by atoms with van der Waals surface area (Å²) in [5.41, 5.74) is 7.87. The molecule has 1 heterocycles. The Morgan fingerprint density at radius 1 is 1.47 bits per heavy atom. The Morgan fingerprint density at radius 3 is 2.82 bits per heavy atom. The maximum atomic E-state index is 9.43. The smallest absolute Gasteiger partial charge is 0.223 e. The van der Waals surface area contributed by atoms with E-state index in [1.807, 2.05) is 0 Å². The second-order valence-electron chi connectivity index (χ2n) is 3.47. The number of aliphatic hydroxyl groups excluding tert-OH is 1. The van der Waals surface area contributed by atoms with Crippen molar-refractivity contribution in [1.82, 2.24) is 9.97 Å². The molecular formula is C9H18N6O2. The van der Waals surface area contributed by atoms with Crippen molar-refractivity contribution in [2.75, 3.05) is 36.7 Å². The maximum absolute atomic E-state index is 9.43. The molecule has 0 aliphatic carbocycles. The fourth-order valence-electron chi connectivity index (χ4n) is 1.27. The predicted molar refractivity (Wildman–Crippen MR) is 65.2 cm³/mol. The molecule has 0 amide bonds. The van der Waals surface area contributed by atoms with Crippen LogP contribution in [0, 0.1) is 0 Å². The number of hydrogen-bond donors (Lipinski definition) is 5. The van der Waals surface area contributed by atoms with Crippen LogP contribution in [0.15, 0.2) is 6.07 Å². The number of hydrogen-bond acceptors (Lipinski definition) is 8. The Morgan fingerprint density at radius 2 is 2.18 bits per heavy atom. The average molecular weight is 242 g/mol. The van der Waals surface area contributed by atoms with Gasteiger partial charge >= 0.3 is 0 Å². The molecule has 8 nitrogen and oxygen atoms in total. The molecule has 0 radical (unpaired) electrons. The highest BCUT2D eigenvalue weighted by atomic mass is 16.5. The molecule has 0 aliphatic rings. The lowest BCUT2D eigenvalue weighted by atomic mass is 10.2. The third-order valence-electron chi connectivity index (χ3n) is 2.03. The SMILES string of the molecule is COCC(O)CCNc1cc(NN)nc(N)n1. The summed E-state index contributed by atoms with van der Waals surface area (Å²) < 4.78 is 4.81. The number of ether oxygens (including phenoxy) is 1. The number of anilines is 3. The molecule has 1 aromatic heterocycles. The van der Waals surface area contributed by atoms with Gasteiger partial charge in [0.2, 0.25) is 5.95 Å². The second kappa shape index (κ2) is 6.84. The van der Waals surface area contributed by atoms with Gasteiger partial charge in [-0.1, -0.05) is 0 Å². The summed E-state index contributed by atoms with van der Waals surface area (Å²) in [4.78, 5) is 7.82. The molecule has 0 bridgehead atoms. The highest BCUT2D eigenvalue weighted by molar-refractivity contribution is 5.50. The number of rotatable bonds is 7. The number of nitrogen functional groups attached to an aromatic ring is 2. The lowest BCUT2D eigenvalue weighted by molar-refractivity contribution is 0.0615. The van der Waals surface area contributed by atoms with Crippen LogP contribution < -0.4 is 22.3 Å². The fraction of sp³-hybridized carbons (Fsp3) is 0.556. The van der Waals surface area contributed by atoms with Crippen LogP contribution in [0.3, 0.4) is 0 Å². The predicted octanol–water partition coefficient (Wildman–Crippen LogP) is -0.846. The van der Waals surface area contributed by atoms with E-state index in [1.54, 1.807) is 13.2 Å². The van der Waals surface area contributed by atoms with Crippen LogP contribution in [-0.2, 0) is 4.74 Å². The number of nitrogens with zero attached hydrogens (tertiary/aromatic N) is 2. The number of nitrogens with one attached hydrogen (secondary N) is 2. The van der Waals surface area contributed by atoms with Gasteiger partial charge in [0.1, 0.15) is 11.6 Å². The molecule has 0 aliphatic heterocycles. The molecule has 1 unspecified atom stereocenters. The summed E-state index contributed by atoms with van der Waals surface area (Å²) in [6, 6.07) is 1.62. The zero-order chi connectivity index (χ0) is 12.7. The van der Waals surface area contributed by atoms with Crippen molar-refractivity contribution in [3.05, 3.63) is 6.07 Å². The first kappa shape index (κ1) is 13.4. The lowest BCUT2D eigenvalue weighted by Gasteiger charge is -2.11. The Bertz CT molecular complexity index is 348. The number of aliphatic hydroxyl groups is 1. The molecule has 8 heteroatoms. The molecule has 1 rings (SSSR count). The Kier molecular flexibility index (Phi) is 5.40. The first-order valence-corrected chi connectivity index (χ1v) is 5.17. The van der Waals surface area contributed by atoms with Gasteiger partial charge in [0.25, 0.3) is 0 Å². The molecule has 0 fully saturated rings. The minimum absolute atomic E-state index is 0.125. The largest absolute Gasteiger partial charge is 0.391 e. The summed E-state index contributed by atoms with van der Waals surface area (Å²) in [7, 11) is 1.54. The van der Waals surface area contributed by atoms with Gasteiger partial charge in [-0.05, 0) is 6.42 Å². The van der Waals surface area contributed by atoms with Crippen LogP contribution in [0.5, 0.6) is 0 Å². The monoisotopic (exact) mass is 242 g/mol. The lowest BCUT2D eigenvalue weighted by Crippen LogP contribution is -2.19. The zero-order valence-corrected chi connectivity index (χ0v) is 9.68. The van der Waals surface area contributed by atoms with Crippen LogP contribution >= 0.6 is 0 Å². The first-order chi connectivity index (χ1) is 8.15. The maximum Gasteiger partial charge on any atom is 0.223 e. The fourth-order valence-corrected chi connectivity index (χ4v) is 1.27. The molecule has 0 saturated carbocycles. The van der Waals surface area contributed by atoms with Gasteiger partial charge in [-0.3, -0.25) is 0 Å². The van der Waals surface area contributed by atoms with Gasteiger partial charge in [-0.15, -0.1) is 0 Å². The first-order valence-electron chi connectivity index (χ1n) is 5.17. The van der Waals surface area contributed by atoms with E-state index in [0.717, 1.165) is 0 Å². The quantitative estimate of drug-likeness (QED) is 0.309. The van der Waals surface area contributed by atoms with Crippen LogP contribution in [0.1, 0.15) is 6.42 Å². The molecule has 1 aromatic rings. The van der Waals surface area contributed by atoms with Crippen molar-refractivity contribution in [3.63, 3.8) is 0 Å². The number of aromatic nitrogens is 2. The Hall–Kier alpha value is -1.64. The third kappa shape index (κ3) is 4.81. The molecule has 7 N–H and O–H groups in total. The molecule has 0 aromatic carbocycles. The van der Waals surface area contributed by atoms with Crippen molar-refractivity contribution >= 4 is 17.6 Å². The molecular weight excluding hydrogens is 224 g/mol. The standard InChI is InChI=1S/C9H18N6O2/c1-17-5-6(16)2-3-12-7-4-8(15-11)14-9(10)13-7/h4,6,16H,2-3,5,11H2,1H3,(H4,10,12,13,14,15). The Balaban J connectivity index is 2.43. The minimum atomic E-state index is -0.501. The Labute approximate surface area is 99.4 Å². The second-order valence-corrected chi connectivity index (χ2v) is 3.47. The number of hydrazine groups is 1. The summed E-state index contributed by atoms with van der Waals surface area (Å²) in [5.74, 6) is 6.33. The van der Waals surface area contributed by atoms with Crippen LogP contribution in [0.4, 0.5) is 17.6 Å². The van der Waals surface area contributed by atoms with Gasteiger partial charge in [0, 0.05) is 19.7 Å². The van der Waals surface area contributed by atoms with Crippen molar-refractivity contribution < 1.29 is 9.84 Å². The molecule has 0 spiro atoms. The van der Waals surface area contributed by atoms with Crippen molar-refractivity contribution in [1.29, 1.82) is 0 Å². The molecule has 17 heavy (non-hydrogen) atoms. The molecule has 1 atom stereocenters. The average Bonchev–Trinajstić information content (AvgIpc) is 2.28. The van der Waals surface area contributed by atoms with Crippen LogP contribution in [-0.4, -0.2) is 41.4 Å². The van der Waals surface area contributed by atoms with E-state index in [2.05, 4.69) is 20.7 Å². The van der Waals surface area contributed by atoms with E-state index in [9.17, 15) is 5.11 Å². The van der Waals surface area contributed by atoms with Gasteiger partial charge in [-0.25, -0.2) is 5.84 Å². The molecule has 0 saturated heterocycles. The van der Waals surface area contributed by atoms with E-state index in [0.29, 0.717) is 31.2 Å². The number of methoxy groups -OCH3 is 1. The van der Waals surface area contributed by atoms with Crippen molar-refractivity contribution in [2.24, 2.45) is 5.84 Å². The van der Waals surface area contributed by atoms with Gasteiger partial charge in [-0.2, -0.15) is 9.97 Å². The highest BCUT2D eigenvalue weighted by Crippen LogP contribution is 2.11. The summed E-state index contributed by atoms with van der Waals surface area (Å²) in [6.45, 7) is 0.855. The minimum Gasteiger partial charge on any atom is -0.391 e. The number of nitrogens with two attached hydrogens (primary N) is 2. The normalized spacial score (nSPS) is 12.2. The summed E-state index contributed by atoms with van der Waals surface area (Å²) >= 11 is 0. The summed E-state index contributed by atoms with van der Waals surface area (Å²) in [5, 5.41) is 12.4. The zero-order valence-electron chi connectivity index (χ0n) is 9.68. The van der Waals surface area contributed by atoms with E-state index in [-0.39, 0.29) is 5.95 Å². The third-order valence-corrected chi connectivity index (χ3v) is 2.03. The molecule has 96 valence electrons. The highest BCUT2D eigenvalue weighted by Gasteiger charge is 2.04. The van der Waals surface area contributed by atoms with E-state index in [4.69, 9.17) is 16.3 Å². The van der Waals surface area contributed by atoms with Gasteiger partial charge < -0.3 is 26.3 Å². The van der Waals surface area contributed by atoms with Crippen molar-refractivity contribution in [2.45, 2.75) is 12.5 Å². The van der Waals surface area contributed by atoms with Crippen molar-refractivity contribution in [3.8, 4) is 0 Å². The van der Waals surface area contributed by atoms with E-state index in [1.165, 1.54) is 0 Å². The van der Waals surface area contributed by atoms with E-state index < -0.39 is 6.10 Å². The van der Waals surface area contributed by atoms with Gasteiger partial charge in [0.15, 0.2) is 0 Å².